The summed E-state index contributed by atoms with van der Waals surface area (Å²) in [6.45, 7) is 3.25. The number of nitrogens with zero attached hydrogens (tertiary/aromatic N) is 1. The molecule has 0 aliphatic carbocycles. The number of nitrogens with one attached hydrogen (secondary N) is 1. The van der Waals surface area contributed by atoms with Crippen LogP contribution in [-0.2, 0) is 11.0 Å². The minimum atomic E-state index is -4.62. The molecule has 0 saturated heterocycles. The van der Waals surface area contributed by atoms with Gasteiger partial charge in [-0.1, -0.05) is 13.3 Å². The second-order valence-electron chi connectivity index (χ2n) is 4.88. The molecule has 1 aromatic carbocycles. The third kappa shape index (κ3) is 3.88. The van der Waals surface area contributed by atoms with Crippen LogP contribution in [0.2, 0.25) is 0 Å². The van der Waals surface area contributed by atoms with Gasteiger partial charge in [-0.2, -0.15) is 18.4 Å². The Balaban J connectivity index is 3.17. The fourth-order valence-electron chi connectivity index (χ4n) is 2.00. The lowest BCUT2D eigenvalue weighted by molar-refractivity contribution is -0.142. The predicted octanol–water partition coefficient (Wildman–Crippen LogP) is 3.63. The molecule has 0 spiro atoms. The van der Waals surface area contributed by atoms with Crippen LogP contribution in [0.4, 0.5) is 18.9 Å². The lowest BCUT2D eigenvalue weighted by Crippen LogP contribution is -2.43. The van der Waals surface area contributed by atoms with E-state index in [1.807, 2.05) is 0 Å². The third-order valence-corrected chi connectivity index (χ3v) is 3.09. The van der Waals surface area contributed by atoms with Crippen LogP contribution < -0.4 is 5.32 Å². The van der Waals surface area contributed by atoms with Crippen LogP contribution in [0, 0.1) is 11.3 Å². The highest BCUT2D eigenvalue weighted by Gasteiger charge is 2.35. The molecule has 0 bridgehead atoms. The predicted molar refractivity (Wildman–Crippen MR) is 70.7 cm³/mol. The number of rotatable bonds is 5. The van der Waals surface area contributed by atoms with E-state index in [0.717, 1.165) is 18.2 Å². The van der Waals surface area contributed by atoms with Crippen LogP contribution >= 0.6 is 0 Å². The first-order valence-electron chi connectivity index (χ1n) is 6.27. The van der Waals surface area contributed by atoms with Crippen molar-refractivity contribution in [1.29, 1.82) is 5.26 Å². The fraction of sp³-hybridized carbons (Fsp3) is 0.429. The highest BCUT2D eigenvalue weighted by Crippen LogP contribution is 2.33. The maximum absolute atomic E-state index is 12.7. The number of anilines is 1. The Labute approximate surface area is 120 Å². The Morgan fingerprint density at radius 1 is 1.43 bits per heavy atom. The molecule has 4 nitrogen and oxygen atoms in total. The Morgan fingerprint density at radius 2 is 2.05 bits per heavy atom. The average Bonchev–Trinajstić information content (AvgIpc) is 2.37. The van der Waals surface area contributed by atoms with E-state index in [4.69, 9.17) is 5.26 Å². The molecule has 0 amide bonds. The zero-order valence-corrected chi connectivity index (χ0v) is 11.6. The van der Waals surface area contributed by atoms with Crippen molar-refractivity contribution in [2.45, 2.75) is 38.4 Å². The zero-order chi connectivity index (χ0) is 16.3. The van der Waals surface area contributed by atoms with Gasteiger partial charge in [-0.15, -0.1) is 0 Å². The van der Waals surface area contributed by atoms with Gasteiger partial charge in [0, 0.05) is 5.69 Å². The zero-order valence-electron chi connectivity index (χ0n) is 11.6. The number of hydrogen-bond acceptors (Lipinski definition) is 3. The third-order valence-electron chi connectivity index (χ3n) is 3.09. The van der Waals surface area contributed by atoms with Crippen molar-refractivity contribution in [3.05, 3.63) is 29.3 Å². The van der Waals surface area contributed by atoms with E-state index in [9.17, 15) is 23.1 Å². The fourth-order valence-corrected chi connectivity index (χ4v) is 2.00. The van der Waals surface area contributed by atoms with Crippen LogP contribution in [0.5, 0.6) is 0 Å². The molecule has 1 unspecified atom stereocenters. The monoisotopic (exact) mass is 300 g/mol. The number of nitriles is 1. The first-order chi connectivity index (χ1) is 9.64. The number of benzene rings is 1. The highest BCUT2D eigenvalue weighted by atomic mass is 19.4. The van der Waals surface area contributed by atoms with Crippen LogP contribution in [0.15, 0.2) is 18.2 Å². The Morgan fingerprint density at radius 3 is 2.48 bits per heavy atom. The molecular weight excluding hydrogens is 285 g/mol. The summed E-state index contributed by atoms with van der Waals surface area (Å²) in [5.74, 6) is -1.11. The molecule has 0 saturated carbocycles. The van der Waals surface area contributed by atoms with Gasteiger partial charge in [0.25, 0.3) is 0 Å². The number of halogens is 3. The van der Waals surface area contributed by atoms with Gasteiger partial charge in [-0.25, -0.2) is 4.79 Å². The molecule has 0 aliphatic rings. The van der Waals surface area contributed by atoms with E-state index < -0.39 is 28.8 Å². The van der Waals surface area contributed by atoms with Crippen molar-refractivity contribution >= 4 is 11.7 Å². The van der Waals surface area contributed by atoms with E-state index in [0.29, 0.717) is 12.8 Å². The van der Waals surface area contributed by atoms with E-state index in [1.165, 1.54) is 13.0 Å². The lowest BCUT2D eigenvalue weighted by Gasteiger charge is -2.27. The molecule has 114 valence electrons. The normalized spacial score (nSPS) is 14.1. The SMILES string of the molecule is CCCC(C)(Nc1ccc(C(F)(F)F)c(C#N)c1)C(=O)O. The molecular formula is C14H15F3N2O2. The summed E-state index contributed by atoms with van der Waals surface area (Å²) < 4.78 is 38.1. The maximum Gasteiger partial charge on any atom is 0.417 e. The summed E-state index contributed by atoms with van der Waals surface area (Å²) in [5, 5.41) is 20.7. The van der Waals surface area contributed by atoms with Gasteiger partial charge in [-0.3, -0.25) is 0 Å². The number of alkyl halides is 3. The molecule has 0 heterocycles. The Kier molecular flexibility index (Phi) is 4.84. The molecule has 0 fully saturated rings. The summed E-state index contributed by atoms with van der Waals surface area (Å²) in [4.78, 5) is 11.3. The van der Waals surface area contributed by atoms with Crippen molar-refractivity contribution in [2.75, 3.05) is 5.32 Å². The molecule has 1 aromatic rings. The van der Waals surface area contributed by atoms with Crippen LogP contribution in [0.25, 0.3) is 0 Å². The standard InChI is InChI=1S/C14H15F3N2O2/c1-3-6-13(2,12(20)21)19-10-4-5-11(14(15,16)17)9(7-10)8-18/h4-5,7,19H,3,6H2,1-2H3,(H,20,21). The maximum atomic E-state index is 12.7. The summed E-state index contributed by atoms with van der Waals surface area (Å²) in [7, 11) is 0. The molecule has 1 rings (SSSR count). The first kappa shape index (κ1) is 16.8. The summed E-state index contributed by atoms with van der Waals surface area (Å²) in [6, 6.07) is 4.39. The van der Waals surface area contributed by atoms with Gasteiger partial charge in [0.15, 0.2) is 0 Å². The van der Waals surface area contributed by atoms with Crippen LogP contribution in [-0.4, -0.2) is 16.6 Å². The van der Waals surface area contributed by atoms with Gasteiger partial charge in [0.1, 0.15) is 5.54 Å². The molecule has 0 aromatic heterocycles. The largest absolute Gasteiger partial charge is 0.480 e. The molecule has 2 N–H and O–H groups in total. The lowest BCUT2D eigenvalue weighted by atomic mass is 9.95. The van der Waals surface area contributed by atoms with Gasteiger partial charge < -0.3 is 10.4 Å². The molecule has 1 atom stereocenters. The summed E-state index contributed by atoms with van der Waals surface area (Å²) in [5.41, 5.74) is -2.72. The number of aliphatic carboxylic acids is 1. The van der Waals surface area contributed by atoms with E-state index in [2.05, 4.69) is 5.32 Å². The van der Waals surface area contributed by atoms with E-state index >= 15 is 0 Å². The van der Waals surface area contributed by atoms with Gasteiger partial charge >= 0.3 is 12.1 Å². The number of carbonyl (C=O) groups is 1. The molecule has 0 aliphatic heterocycles. The van der Waals surface area contributed by atoms with E-state index in [1.54, 1.807) is 6.92 Å². The van der Waals surface area contributed by atoms with Crippen molar-refractivity contribution in [2.24, 2.45) is 0 Å². The summed E-state index contributed by atoms with van der Waals surface area (Å²) in [6.07, 6.45) is -3.74. The van der Waals surface area contributed by atoms with Crippen molar-refractivity contribution < 1.29 is 23.1 Å². The second-order valence-corrected chi connectivity index (χ2v) is 4.88. The van der Waals surface area contributed by atoms with Crippen LogP contribution in [0.1, 0.15) is 37.8 Å². The molecule has 21 heavy (non-hydrogen) atoms. The Hall–Kier alpha value is -2.23. The number of hydrogen-bond donors (Lipinski definition) is 2. The summed E-state index contributed by atoms with van der Waals surface area (Å²) >= 11 is 0. The van der Waals surface area contributed by atoms with Gasteiger partial charge in [-0.05, 0) is 31.5 Å². The van der Waals surface area contributed by atoms with Crippen LogP contribution in [0.3, 0.4) is 0 Å². The quantitative estimate of drug-likeness (QED) is 0.871. The minimum absolute atomic E-state index is 0.165. The average molecular weight is 300 g/mol. The second kappa shape index (κ2) is 6.04. The topological polar surface area (TPSA) is 73.1 Å². The first-order valence-corrected chi connectivity index (χ1v) is 6.27. The number of carboxylic acids is 1. The minimum Gasteiger partial charge on any atom is -0.480 e. The Bertz CT molecular complexity index is 579. The van der Waals surface area contributed by atoms with Crippen molar-refractivity contribution in [3.8, 4) is 6.07 Å². The highest BCUT2D eigenvalue weighted by molar-refractivity contribution is 5.82. The molecule has 0 radical (unpaired) electrons. The van der Waals surface area contributed by atoms with Gasteiger partial charge in [0.2, 0.25) is 0 Å². The molecule has 7 heteroatoms. The van der Waals surface area contributed by atoms with E-state index in [-0.39, 0.29) is 5.69 Å². The smallest absolute Gasteiger partial charge is 0.417 e. The van der Waals surface area contributed by atoms with Gasteiger partial charge in [0.05, 0.1) is 17.2 Å². The van der Waals surface area contributed by atoms with Crippen molar-refractivity contribution in [3.63, 3.8) is 0 Å². The number of carboxylic acid groups (broad SMARTS) is 1. The van der Waals surface area contributed by atoms with Crippen molar-refractivity contribution in [1.82, 2.24) is 0 Å².